The van der Waals surface area contributed by atoms with Crippen LogP contribution in [-0.4, -0.2) is 16.3 Å². The van der Waals surface area contributed by atoms with Gasteiger partial charge in [0.1, 0.15) is 0 Å². The normalized spacial score (nSPS) is 12.6. The van der Waals surface area contributed by atoms with Crippen LogP contribution in [0.5, 0.6) is 0 Å². The Morgan fingerprint density at radius 3 is 2.94 bits per heavy atom. The van der Waals surface area contributed by atoms with Crippen molar-refractivity contribution in [1.29, 1.82) is 0 Å². The summed E-state index contributed by atoms with van der Waals surface area (Å²) in [6, 6.07) is 0.364. The Morgan fingerprint density at radius 2 is 2.31 bits per heavy atom. The van der Waals surface area contributed by atoms with Crippen LogP contribution < -0.4 is 5.32 Å². The van der Waals surface area contributed by atoms with E-state index in [9.17, 15) is 0 Å². The largest absolute Gasteiger partial charge is 0.310 e. The van der Waals surface area contributed by atoms with Gasteiger partial charge in [-0.2, -0.15) is 5.10 Å². The Kier molecular flexibility index (Phi) is 5.86. The summed E-state index contributed by atoms with van der Waals surface area (Å²) in [5, 5.41) is 7.88. The van der Waals surface area contributed by atoms with Crippen LogP contribution in [-0.2, 0) is 6.54 Å². The summed E-state index contributed by atoms with van der Waals surface area (Å²) in [4.78, 5) is 0. The van der Waals surface area contributed by atoms with E-state index in [-0.39, 0.29) is 0 Å². The molecule has 1 N–H and O–H groups in total. The number of aromatic nitrogens is 2. The monoisotopic (exact) mass is 221 g/mol. The molecule has 0 aliphatic rings. The van der Waals surface area contributed by atoms with Crippen LogP contribution in [0.15, 0.2) is 25.0 Å². The molecule has 0 aromatic carbocycles. The molecule has 3 heteroatoms. The van der Waals surface area contributed by atoms with E-state index in [1.165, 1.54) is 5.56 Å². The maximum atomic E-state index is 4.36. The number of nitrogens with zero attached hydrogens (tertiary/aromatic N) is 2. The lowest BCUT2D eigenvalue weighted by Crippen LogP contribution is -2.21. The topological polar surface area (TPSA) is 29.9 Å². The summed E-state index contributed by atoms with van der Waals surface area (Å²) in [6.07, 6.45) is 9.29. The molecule has 16 heavy (non-hydrogen) atoms. The Balaban J connectivity index is 2.63. The molecule has 0 aliphatic heterocycles. The Morgan fingerprint density at radius 1 is 1.50 bits per heavy atom. The van der Waals surface area contributed by atoms with Gasteiger partial charge in [-0.25, -0.2) is 0 Å². The lowest BCUT2D eigenvalue weighted by Gasteiger charge is -2.14. The minimum atomic E-state index is 0.364. The van der Waals surface area contributed by atoms with E-state index in [0.717, 1.165) is 32.4 Å². The zero-order valence-corrected chi connectivity index (χ0v) is 10.4. The van der Waals surface area contributed by atoms with E-state index in [4.69, 9.17) is 0 Å². The van der Waals surface area contributed by atoms with Gasteiger partial charge in [0.15, 0.2) is 0 Å². The predicted octanol–water partition coefficient (Wildman–Crippen LogP) is 2.91. The maximum absolute atomic E-state index is 4.36. The number of rotatable bonds is 8. The molecule has 1 aromatic rings. The zero-order chi connectivity index (χ0) is 11.8. The predicted molar refractivity (Wildman–Crippen MR) is 68.4 cm³/mol. The van der Waals surface area contributed by atoms with Crippen molar-refractivity contribution in [2.75, 3.05) is 6.54 Å². The number of nitrogens with one attached hydrogen (secondary N) is 1. The van der Waals surface area contributed by atoms with Crippen molar-refractivity contribution in [3.63, 3.8) is 0 Å². The highest BCUT2D eigenvalue weighted by Crippen LogP contribution is 2.16. The molecule has 0 saturated carbocycles. The molecule has 3 nitrogen and oxygen atoms in total. The highest BCUT2D eigenvalue weighted by Gasteiger charge is 2.10. The first-order chi connectivity index (χ1) is 7.81. The first kappa shape index (κ1) is 13.0. The van der Waals surface area contributed by atoms with E-state index in [1.807, 2.05) is 17.0 Å². The van der Waals surface area contributed by atoms with Crippen LogP contribution in [0.3, 0.4) is 0 Å². The van der Waals surface area contributed by atoms with Gasteiger partial charge in [-0.05, 0) is 25.8 Å². The second-order valence-electron chi connectivity index (χ2n) is 4.07. The molecule has 0 aliphatic carbocycles. The number of hydrogen-bond donors (Lipinski definition) is 1. The molecule has 0 radical (unpaired) electrons. The molecule has 1 heterocycles. The van der Waals surface area contributed by atoms with Crippen molar-refractivity contribution in [1.82, 2.24) is 15.1 Å². The SMILES string of the molecule is C=CCC(NCCC)c1cnn(CCC)c1. The van der Waals surface area contributed by atoms with Gasteiger partial charge >= 0.3 is 0 Å². The first-order valence-electron chi connectivity index (χ1n) is 6.18. The fourth-order valence-electron chi connectivity index (χ4n) is 1.73. The van der Waals surface area contributed by atoms with Crippen LogP contribution in [0.25, 0.3) is 0 Å². The van der Waals surface area contributed by atoms with Gasteiger partial charge < -0.3 is 5.32 Å². The van der Waals surface area contributed by atoms with Crippen LogP contribution >= 0.6 is 0 Å². The van der Waals surface area contributed by atoms with Crippen molar-refractivity contribution in [2.24, 2.45) is 0 Å². The lowest BCUT2D eigenvalue weighted by molar-refractivity contribution is 0.535. The van der Waals surface area contributed by atoms with Gasteiger partial charge in [0.2, 0.25) is 0 Å². The van der Waals surface area contributed by atoms with E-state index in [0.29, 0.717) is 6.04 Å². The third-order valence-electron chi connectivity index (χ3n) is 2.55. The molecule has 0 amide bonds. The summed E-state index contributed by atoms with van der Waals surface area (Å²) >= 11 is 0. The van der Waals surface area contributed by atoms with Gasteiger partial charge in [-0.15, -0.1) is 6.58 Å². The summed E-state index contributed by atoms with van der Waals surface area (Å²) in [6.45, 7) is 10.2. The van der Waals surface area contributed by atoms with Crippen molar-refractivity contribution >= 4 is 0 Å². The fourth-order valence-corrected chi connectivity index (χ4v) is 1.73. The molecule has 90 valence electrons. The van der Waals surface area contributed by atoms with Crippen LogP contribution in [0.4, 0.5) is 0 Å². The van der Waals surface area contributed by atoms with E-state index >= 15 is 0 Å². The molecular formula is C13H23N3. The zero-order valence-electron chi connectivity index (χ0n) is 10.4. The van der Waals surface area contributed by atoms with Crippen molar-refractivity contribution in [2.45, 2.75) is 45.7 Å². The summed E-state index contributed by atoms with van der Waals surface area (Å²) in [7, 11) is 0. The minimum absolute atomic E-state index is 0.364. The Labute approximate surface area is 98.5 Å². The second-order valence-corrected chi connectivity index (χ2v) is 4.07. The van der Waals surface area contributed by atoms with Gasteiger partial charge in [0.05, 0.1) is 6.20 Å². The van der Waals surface area contributed by atoms with Crippen LogP contribution in [0.2, 0.25) is 0 Å². The molecule has 0 bridgehead atoms. The molecular weight excluding hydrogens is 198 g/mol. The lowest BCUT2D eigenvalue weighted by atomic mass is 10.1. The third kappa shape index (κ3) is 3.81. The molecule has 0 fully saturated rings. The molecule has 0 spiro atoms. The van der Waals surface area contributed by atoms with Crippen molar-refractivity contribution in [3.05, 3.63) is 30.6 Å². The standard InChI is InChI=1S/C13H23N3/c1-4-7-13(14-8-5-2)12-10-15-16(11-12)9-6-3/h4,10-11,13-14H,1,5-9H2,2-3H3. The van der Waals surface area contributed by atoms with Crippen LogP contribution in [0, 0.1) is 0 Å². The summed E-state index contributed by atoms with van der Waals surface area (Å²) in [5.74, 6) is 0. The fraction of sp³-hybridized carbons (Fsp3) is 0.615. The molecule has 1 rings (SSSR count). The van der Waals surface area contributed by atoms with Gasteiger partial charge in [0.25, 0.3) is 0 Å². The van der Waals surface area contributed by atoms with Gasteiger partial charge in [0, 0.05) is 24.3 Å². The quantitative estimate of drug-likeness (QED) is 0.684. The van der Waals surface area contributed by atoms with Gasteiger partial charge in [-0.1, -0.05) is 19.9 Å². The molecule has 0 saturated heterocycles. The first-order valence-corrected chi connectivity index (χ1v) is 6.18. The van der Waals surface area contributed by atoms with E-state index in [2.05, 4.69) is 37.0 Å². The molecule has 1 unspecified atom stereocenters. The van der Waals surface area contributed by atoms with E-state index < -0.39 is 0 Å². The number of aryl methyl sites for hydroxylation is 1. The smallest absolute Gasteiger partial charge is 0.0537 e. The van der Waals surface area contributed by atoms with E-state index in [1.54, 1.807) is 0 Å². The second kappa shape index (κ2) is 7.23. The summed E-state index contributed by atoms with van der Waals surface area (Å²) in [5.41, 5.74) is 1.27. The Bertz CT molecular complexity index is 304. The summed E-state index contributed by atoms with van der Waals surface area (Å²) < 4.78 is 2.01. The van der Waals surface area contributed by atoms with Crippen LogP contribution in [0.1, 0.15) is 44.7 Å². The van der Waals surface area contributed by atoms with Crippen molar-refractivity contribution < 1.29 is 0 Å². The number of hydrogen-bond acceptors (Lipinski definition) is 2. The van der Waals surface area contributed by atoms with Gasteiger partial charge in [-0.3, -0.25) is 4.68 Å². The maximum Gasteiger partial charge on any atom is 0.0537 e. The highest BCUT2D eigenvalue weighted by atomic mass is 15.3. The third-order valence-corrected chi connectivity index (χ3v) is 2.55. The molecule has 1 aromatic heterocycles. The average molecular weight is 221 g/mol. The average Bonchev–Trinajstić information content (AvgIpc) is 2.73. The Hall–Kier alpha value is -1.09. The minimum Gasteiger partial charge on any atom is -0.310 e. The van der Waals surface area contributed by atoms with Crippen molar-refractivity contribution in [3.8, 4) is 0 Å². The molecule has 1 atom stereocenters. The highest BCUT2D eigenvalue weighted by molar-refractivity contribution is 5.11.